The van der Waals surface area contributed by atoms with E-state index >= 15 is 0 Å². The fraction of sp³-hybridized carbons (Fsp3) is 0.400. The highest BCUT2D eigenvalue weighted by Gasteiger charge is 2.31. The predicted octanol–water partition coefficient (Wildman–Crippen LogP) is 2.62. The zero-order chi connectivity index (χ0) is 20.4. The quantitative estimate of drug-likeness (QED) is 0.592. The molecule has 0 radical (unpaired) electrons. The summed E-state index contributed by atoms with van der Waals surface area (Å²) in [5, 5.41) is 4.68. The van der Waals surface area contributed by atoms with Gasteiger partial charge in [0.25, 0.3) is 5.91 Å². The minimum absolute atomic E-state index is 0.173. The van der Waals surface area contributed by atoms with E-state index in [9.17, 15) is 9.18 Å². The van der Waals surface area contributed by atoms with E-state index in [1.807, 2.05) is 18.5 Å². The van der Waals surface area contributed by atoms with Crippen LogP contribution < -0.4 is 0 Å². The Balaban J connectivity index is 1.66. The summed E-state index contributed by atoms with van der Waals surface area (Å²) < 4.78 is 27.1. The van der Waals surface area contributed by atoms with Crippen LogP contribution in [0.3, 0.4) is 0 Å². The van der Waals surface area contributed by atoms with Crippen molar-refractivity contribution in [3.8, 4) is 11.6 Å². The van der Waals surface area contributed by atoms with Crippen molar-refractivity contribution in [2.75, 3.05) is 19.8 Å². The number of ether oxygens (including phenoxy) is 1. The van der Waals surface area contributed by atoms with Crippen molar-refractivity contribution in [3.05, 3.63) is 53.1 Å². The van der Waals surface area contributed by atoms with Gasteiger partial charge in [-0.1, -0.05) is 0 Å². The normalized spacial score (nSPS) is 13.6. The van der Waals surface area contributed by atoms with Crippen molar-refractivity contribution >= 4 is 5.91 Å². The first-order valence-corrected chi connectivity index (χ1v) is 9.57. The van der Waals surface area contributed by atoms with E-state index in [1.54, 1.807) is 11.1 Å². The number of carbonyl (C=O) groups excluding carboxylic acids is 1. The third-order valence-electron chi connectivity index (χ3n) is 4.86. The molecular weight excluding hydrogens is 377 g/mol. The number of amides is 1. The van der Waals surface area contributed by atoms with Crippen LogP contribution >= 0.6 is 0 Å². The molecule has 3 aromatic rings. The fourth-order valence-corrected chi connectivity index (χ4v) is 3.47. The number of pyridine rings is 1. The maximum atomic E-state index is 14.0. The first-order valence-electron chi connectivity index (χ1n) is 9.57. The molecule has 29 heavy (non-hydrogen) atoms. The van der Waals surface area contributed by atoms with Crippen LogP contribution in [0.25, 0.3) is 11.6 Å². The third kappa shape index (κ3) is 3.77. The molecule has 0 saturated heterocycles. The van der Waals surface area contributed by atoms with Gasteiger partial charge in [0.05, 0.1) is 25.9 Å². The Morgan fingerprint density at radius 3 is 2.97 bits per heavy atom. The minimum atomic E-state index is -0.626. The smallest absolute Gasteiger partial charge is 0.275 e. The molecular formula is C20H22FN5O3. The maximum Gasteiger partial charge on any atom is 0.275 e. The Hall–Kier alpha value is -3.07. The highest BCUT2D eigenvalue weighted by molar-refractivity contribution is 5.92. The number of fused-ring (bicyclic) bond motifs is 1. The first kappa shape index (κ1) is 19.3. The molecule has 0 aromatic carbocycles. The molecule has 4 heterocycles. The molecule has 1 aliphatic rings. The van der Waals surface area contributed by atoms with E-state index in [0.29, 0.717) is 50.1 Å². The zero-order valence-corrected chi connectivity index (χ0v) is 16.4. The standard InChI is InChI=1S/C20H22FN5O3/c1-3-28-10-9-26-16-6-8-25(20(27)18-15(21)5-4-7-22-18)12-14(16)17(24-26)19-23-11-13(2)29-19/h4-5,7,11H,3,6,8-10,12H2,1-2H3. The predicted molar refractivity (Wildman–Crippen MR) is 102 cm³/mol. The van der Waals surface area contributed by atoms with Crippen molar-refractivity contribution in [1.82, 2.24) is 24.6 Å². The SMILES string of the molecule is CCOCCn1nc(-c2ncc(C)o2)c2c1CCN(C(=O)c1ncccc1F)C2. The highest BCUT2D eigenvalue weighted by Crippen LogP contribution is 2.30. The van der Waals surface area contributed by atoms with Gasteiger partial charge in [-0.15, -0.1) is 0 Å². The Kier molecular flexibility index (Phi) is 5.39. The molecule has 8 nitrogen and oxygen atoms in total. The van der Waals surface area contributed by atoms with Gasteiger partial charge in [0, 0.05) is 37.0 Å². The van der Waals surface area contributed by atoms with Crippen LogP contribution in [0.1, 0.15) is 34.4 Å². The second kappa shape index (κ2) is 8.12. The molecule has 0 aliphatic carbocycles. The van der Waals surface area contributed by atoms with Gasteiger partial charge in [-0.2, -0.15) is 5.10 Å². The topological polar surface area (TPSA) is 86.3 Å². The van der Waals surface area contributed by atoms with Crippen molar-refractivity contribution in [2.24, 2.45) is 0 Å². The molecule has 0 saturated carbocycles. The van der Waals surface area contributed by atoms with Crippen LogP contribution in [-0.4, -0.2) is 50.3 Å². The molecule has 0 N–H and O–H groups in total. The Bertz CT molecular complexity index is 1030. The number of aryl methyl sites for hydroxylation is 1. The van der Waals surface area contributed by atoms with Crippen LogP contribution in [0.4, 0.5) is 4.39 Å². The fourth-order valence-electron chi connectivity index (χ4n) is 3.47. The molecule has 1 amide bonds. The number of oxazole rings is 1. The molecule has 1 aliphatic heterocycles. The first-order chi connectivity index (χ1) is 14.1. The molecule has 0 bridgehead atoms. The Labute approximate surface area is 167 Å². The van der Waals surface area contributed by atoms with Crippen molar-refractivity contribution in [2.45, 2.75) is 33.4 Å². The highest BCUT2D eigenvalue weighted by atomic mass is 19.1. The molecule has 9 heteroatoms. The summed E-state index contributed by atoms with van der Waals surface area (Å²) in [6.07, 6.45) is 3.64. The summed E-state index contributed by atoms with van der Waals surface area (Å²) in [4.78, 5) is 22.6. The van der Waals surface area contributed by atoms with Crippen molar-refractivity contribution in [3.63, 3.8) is 0 Å². The van der Waals surface area contributed by atoms with E-state index in [0.717, 1.165) is 11.3 Å². The van der Waals surface area contributed by atoms with Gasteiger partial charge in [0.2, 0.25) is 5.89 Å². The summed E-state index contributed by atoms with van der Waals surface area (Å²) in [5.41, 5.74) is 2.30. The number of rotatable bonds is 6. The summed E-state index contributed by atoms with van der Waals surface area (Å²) in [6, 6.07) is 2.70. The van der Waals surface area contributed by atoms with Crippen LogP contribution in [0.2, 0.25) is 0 Å². The zero-order valence-electron chi connectivity index (χ0n) is 16.4. The van der Waals surface area contributed by atoms with Gasteiger partial charge in [0.15, 0.2) is 17.2 Å². The van der Waals surface area contributed by atoms with Crippen LogP contribution in [-0.2, 0) is 24.2 Å². The summed E-state index contributed by atoms with van der Waals surface area (Å²) >= 11 is 0. The van der Waals surface area contributed by atoms with Crippen LogP contribution in [0.15, 0.2) is 28.9 Å². The van der Waals surface area contributed by atoms with Gasteiger partial charge < -0.3 is 14.1 Å². The minimum Gasteiger partial charge on any atom is -0.440 e. The van der Waals surface area contributed by atoms with Crippen LogP contribution in [0, 0.1) is 12.7 Å². The van der Waals surface area contributed by atoms with E-state index in [4.69, 9.17) is 9.15 Å². The lowest BCUT2D eigenvalue weighted by atomic mass is 10.0. The molecule has 0 spiro atoms. The number of carbonyl (C=O) groups is 1. The third-order valence-corrected chi connectivity index (χ3v) is 4.86. The number of hydrogen-bond acceptors (Lipinski definition) is 6. The lowest BCUT2D eigenvalue weighted by molar-refractivity contribution is 0.0721. The van der Waals surface area contributed by atoms with Gasteiger partial charge in [-0.25, -0.2) is 14.4 Å². The second-order valence-corrected chi connectivity index (χ2v) is 6.78. The monoisotopic (exact) mass is 399 g/mol. The molecule has 0 fully saturated rings. The summed E-state index contributed by atoms with van der Waals surface area (Å²) in [5.74, 6) is 0.0220. The summed E-state index contributed by atoms with van der Waals surface area (Å²) in [6.45, 7) is 6.26. The van der Waals surface area contributed by atoms with Gasteiger partial charge in [0.1, 0.15) is 5.76 Å². The van der Waals surface area contributed by atoms with Gasteiger partial charge in [-0.3, -0.25) is 9.48 Å². The number of aromatic nitrogens is 4. The Morgan fingerprint density at radius 1 is 1.38 bits per heavy atom. The van der Waals surface area contributed by atoms with E-state index in [2.05, 4.69) is 15.1 Å². The molecule has 0 atom stereocenters. The van der Waals surface area contributed by atoms with Crippen molar-refractivity contribution in [1.29, 1.82) is 0 Å². The number of halogens is 1. The van der Waals surface area contributed by atoms with Crippen molar-refractivity contribution < 1.29 is 18.3 Å². The average Bonchev–Trinajstić information content (AvgIpc) is 3.31. The molecule has 3 aromatic heterocycles. The lowest BCUT2D eigenvalue weighted by Crippen LogP contribution is -2.37. The average molecular weight is 399 g/mol. The molecule has 0 unspecified atom stereocenters. The van der Waals surface area contributed by atoms with Gasteiger partial charge in [-0.05, 0) is 26.0 Å². The van der Waals surface area contributed by atoms with E-state index < -0.39 is 11.7 Å². The van der Waals surface area contributed by atoms with Crippen LogP contribution in [0.5, 0.6) is 0 Å². The largest absolute Gasteiger partial charge is 0.440 e. The van der Waals surface area contributed by atoms with Gasteiger partial charge >= 0.3 is 0 Å². The number of nitrogens with zero attached hydrogens (tertiary/aromatic N) is 5. The summed E-state index contributed by atoms with van der Waals surface area (Å²) in [7, 11) is 0. The number of hydrogen-bond donors (Lipinski definition) is 0. The Morgan fingerprint density at radius 2 is 2.24 bits per heavy atom. The van der Waals surface area contributed by atoms with E-state index in [1.165, 1.54) is 18.3 Å². The van der Waals surface area contributed by atoms with E-state index in [-0.39, 0.29) is 12.2 Å². The maximum absolute atomic E-state index is 14.0. The second-order valence-electron chi connectivity index (χ2n) is 6.78. The molecule has 152 valence electrons. The lowest BCUT2D eigenvalue weighted by Gasteiger charge is -2.27. The molecule has 4 rings (SSSR count).